The molecule has 0 spiro atoms. The van der Waals surface area contributed by atoms with Crippen LogP contribution in [0.1, 0.15) is 25.5 Å². The summed E-state index contributed by atoms with van der Waals surface area (Å²) < 4.78 is 1.61. The van der Waals surface area contributed by atoms with Gasteiger partial charge in [0.15, 0.2) is 0 Å². The molecule has 1 saturated heterocycles. The number of likely N-dealkylation sites (tertiary alicyclic amines) is 1. The molecule has 1 amide bonds. The molecule has 0 aliphatic carbocycles. The van der Waals surface area contributed by atoms with Crippen molar-refractivity contribution in [3.63, 3.8) is 0 Å². The van der Waals surface area contributed by atoms with E-state index in [0.717, 1.165) is 0 Å². The second-order valence-corrected chi connectivity index (χ2v) is 5.38. The Morgan fingerprint density at radius 1 is 1.56 bits per heavy atom. The third-order valence-electron chi connectivity index (χ3n) is 3.67. The van der Waals surface area contributed by atoms with E-state index in [-0.39, 0.29) is 11.8 Å². The summed E-state index contributed by atoms with van der Waals surface area (Å²) in [5, 5.41) is 14.1. The highest BCUT2D eigenvalue weighted by atomic mass is 16.3. The summed E-state index contributed by atoms with van der Waals surface area (Å²) in [5.74, 6) is -0.0236. The van der Waals surface area contributed by atoms with Gasteiger partial charge in [-0.2, -0.15) is 5.10 Å². The summed E-state index contributed by atoms with van der Waals surface area (Å²) >= 11 is 0. The van der Waals surface area contributed by atoms with Gasteiger partial charge in [-0.3, -0.25) is 9.48 Å². The van der Waals surface area contributed by atoms with E-state index in [2.05, 4.69) is 5.10 Å². The summed E-state index contributed by atoms with van der Waals surface area (Å²) in [6.45, 7) is 4.61. The second-order valence-electron chi connectivity index (χ2n) is 5.38. The van der Waals surface area contributed by atoms with Crippen molar-refractivity contribution in [2.24, 2.45) is 18.7 Å². The fraction of sp³-hybridized carbons (Fsp3) is 0.667. The summed E-state index contributed by atoms with van der Waals surface area (Å²) in [5.41, 5.74) is 5.84. The quantitative estimate of drug-likeness (QED) is 0.770. The Morgan fingerprint density at radius 2 is 2.17 bits per heavy atom. The fourth-order valence-corrected chi connectivity index (χ4v) is 2.08. The Balaban J connectivity index is 1.98. The molecule has 1 aromatic rings. The molecular formula is C12H20N4O2. The lowest BCUT2D eigenvalue weighted by Gasteiger charge is -2.49. The Bertz CT molecular complexity index is 449. The average Bonchev–Trinajstić information content (AvgIpc) is 2.69. The van der Waals surface area contributed by atoms with Gasteiger partial charge < -0.3 is 15.7 Å². The maximum atomic E-state index is 12.1. The monoisotopic (exact) mass is 252 g/mol. The van der Waals surface area contributed by atoms with Gasteiger partial charge in [-0.05, 0) is 5.92 Å². The maximum absolute atomic E-state index is 12.1. The van der Waals surface area contributed by atoms with E-state index < -0.39 is 11.6 Å². The zero-order chi connectivity index (χ0) is 13.5. The Labute approximate surface area is 106 Å². The first-order valence-corrected chi connectivity index (χ1v) is 6.09. The molecular weight excluding hydrogens is 232 g/mol. The first-order valence-electron chi connectivity index (χ1n) is 6.09. The van der Waals surface area contributed by atoms with Crippen LogP contribution in [0.15, 0.2) is 12.4 Å². The van der Waals surface area contributed by atoms with Gasteiger partial charge in [-0.1, -0.05) is 13.8 Å². The van der Waals surface area contributed by atoms with Crippen molar-refractivity contribution in [2.75, 3.05) is 13.1 Å². The van der Waals surface area contributed by atoms with E-state index in [4.69, 9.17) is 5.73 Å². The van der Waals surface area contributed by atoms with Crippen molar-refractivity contribution in [2.45, 2.75) is 25.5 Å². The normalized spacial score (nSPS) is 19.8. The minimum Gasteiger partial charge on any atom is -0.386 e. The topological polar surface area (TPSA) is 84.4 Å². The number of aryl methyl sites for hydroxylation is 1. The third-order valence-corrected chi connectivity index (χ3v) is 3.67. The van der Waals surface area contributed by atoms with E-state index in [9.17, 15) is 9.90 Å². The molecule has 6 nitrogen and oxygen atoms in total. The Hall–Kier alpha value is -1.40. The first-order chi connectivity index (χ1) is 8.33. The first kappa shape index (κ1) is 13.0. The lowest BCUT2D eigenvalue weighted by molar-refractivity contribution is -0.165. The minimum absolute atomic E-state index is 0.135. The van der Waals surface area contributed by atoms with Crippen molar-refractivity contribution < 1.29 is 9.90 Å². The number of aliphatic hydroxyl groups is 1. The predicted octanol–water partition coefficient (Wildman–Crippen LogP) is -0.351. The number of aromatic nitrogens is 2. The number of nitrogens with two attached hydrogens (primary N) is 1. The molecule has 0 bridgehead atoms. The molecule has 6 heteroatoms. The highest BCUT2D eigenvalue weighted by molar-refractivity contribution is 5.84. The molecule has 100 valence electrons. The van der Waals surface area contributed by atoms with Gasteiger partial charge in [-0.25, -0.2) is 0 Å². The highest BCUT2D eigenvalue weighted by Crippen LogP contribution is 2.30. The molecule has 1 aromatic heterocycles. The van der Waals surface area contributed by atoms with Gasteiger partial charge in [-0.15, -0.1) is 0 Å². The van der Waals surface area contributed by atoms with Crippen molar-refractivity contribution in [1.82, 2.24) is 14.7 Å². The van der Waals surface area contributed by atoms with Crippen LogP contribution in [-0.4, -0.2) is 44.4 Å². The number of hydrogen-bond donors (Lipinski definition) is 2. The molecule has 2 rings (SSSR count). The summed E-state index contributed by atoms with van der Waals surface area (Å²) in [6, 6.07) is -0.699. The van der Waals surface area contributed by atoms with Crippen molar-refractivity contribution >= 4 is 5.91 Å². The lowest BCUT2D eigenvalue weighted by atomic mass is 9.82. The van der Waals surface area contributed by atoms with E-state index in [1.54, 1.807) is 29.0 Å². The molecule has 3 N–H and O–H groups in total. The van der Waals surface area contributed by atoms with Crippen LogP contribution in [-0.2, 0) is 11.8 Å². The zero-order valence-corrected chi connectivity index (χ0v) is 11.0. The lowest BCUT2D eigenvalue weighted by Crippen LogP contribution is -2.67. The van der Waals surface area contributed by atoms with Crippen LogP contribution in [0.25, 0.3) is 0 Å². The molecule has 1 aliphatic heterocycles. The molecule has 0 aromatic carbocycles. The molecule has 1 atom stereocenters. The van der Waals surface area contributed by atoms with Crippen LogP contribution < -0.4 is 5.73 Å². The number of carbonyl (C=O) groups is 1. The fourth-order valence-electron chi connectivity index (χ4n) is 2.08. The average molecular weight is 252 g/mol. The van der Waals surface area contributed by atoms with Gasteiger partial charge in [0.25, 0.3) is 0 Å². The van der Waals surface area contributed by atoms with Crippen molar-refractivity contribution in [3.05, 3.63) is 18.0 Å². The molecule has 1 unspecified atom stereocenters. The predicted molar refractivity (Wildman–Crippen MR) is 66.5 cm³/mol. The van der Waals surface area contributed by atoms with Crippen molar-refractivity contribution in [3.8, 4) is 0 Å². The summed E-state index contributed by atoms with van der Waals surface area (Å²) in [7, 11) is 1.78. The Morgan fingerprint density at radius 3 is 2.61 bits per heavy atom. The van der Waals surface area contributed by atoms with Crippen LogP contribution >= 0.6 is 0 Å². The van der Waals surface area contributed by atoms with Gasteiger partial charge in [0.05, 0.1) is 19.3 Å². The molecule has 18 heavy (non-hydrogen) atoms. The Kier molecular flexibility index (Phi) is 3.16. The van der Waals surface area contributed by atoms with Crippen LogP contribution in [0.4, 0.5) is 0 Å². The molecule has 1 aliphatic rings. The molecule has 0 radical (unpaired) electrons. The molecule has 1 fully saturated rings. The van der Waals surface area contributed by atoms with Crippen LogP contribution in [0.2, 0.25) is 0 Å². The molecule has 2 heterocycles. The van der Waals surface area contributed by atoms with Gasteiger partial charge >= 0.3 is 0 Å². The number of nitrogens with zero attached hydrogens (tertiary/aromatic N) is 3. The number of rotatable bonds is 3. The van der Waals surface area contributed by atoms with Crippen LogP contribution in [0.5, 0.6) is 0 Å². The zero-order valence-electron chi connectivity index (χ0n) is 11.0. The van der Waals surface area contributed by atoms with E-state index in [1.807, 2.05) is 13.8 Å². The van der Waals surface area contributed by atoms with E-state index >= 15 is 0 Å². The van der Waals surface area contributed by atoms with Crippen LogP contribution in [0, 0.1) is 5.92 Å². The van der Waals surface area contributed by atoms with Gasteiger partial charge in [0, 0.05) is 18.8 Å². The smallest absolute Gasteiger partial charge is 0.244 e. The number of amides is 1. The molecule has 0 saturated carbocycles. The SMILES string of the molecule is CC(C)C1(O)CN(C(=O)C(N)c2cnn(C)c2)C1. The number of hydrogen-bond acceptors (Lipinski definition) is 4. The second kappa shape index (κ2) is 4.37. The van der Waals surface area contributed by atoms with Crippen molar-refractivity contribution in [1.29, 1.82) is 0 Å². The summed E-state index contributed by atoms with van der Waals surface area (Å²) in [6.07, 6.45) is 3.33. The van der Waals surface area contributed by atoms with E-state index in [0.29, 0.717) is 18.7 Å². The van der Waals surface area contributed by atoms with E-state index in [1.165, 1.54) is 0 Å². The third kappa shape index (κ3) is 2.13. The van der Waals surface area contributed by atoms with Gasteiger partial charge in [0.2, 0.25) is 5.91 Å². The number of carbonyl (C=O) groups excluding carboxylic acids is 1. The standard InChI is InChI=1S/C12H20N4O2/c1-8(2)12(18)6-16(7-12)11(17)10(13)9-4-14-15(3)5-9/h4-5,8,10,18H,6-7,13H2,1-3H3. The number of β-amino-alcohol motifs (C(OH)–C–C–N with tert-alkyl or cyclic N) is 1. The maximum Gasteiger partial charge on any atom is 0.244 e. The van der Waals surface area contributed by atoms with Gasteiger partial charge in [0.1, 0.15) is 11.6 Å². The summed E-state index contributed by atoms with van der Waals surface area (Å²) in [4.78, 5) is 13.7. The minimum atomic E-state index is -0.760. The largest absolute Gasteiger partial charge is 0.386 e. The van der Waals surface area contributed by atoms with Crippen LogP contribution in [0.3, 0.4) is 0 Å². The highest BCUT2D eigenvalue weighted by Gasteiger charge is 2.46.